The quantitative estimate of drug-likeness (QED) is 0.489. The van der Waals surface area contributed by atoms with E-state index in [1.54, 1.807) is 0 Å². The van der Waals surface area contributed by atoms with Crippen molar-refractivity contribution in [3.8, 4) is 18.2 Å². The number of ether oxygens (including phenoxy) is 1. The summed E-state index contributed by atoms with van der Waals surface area (Å²) in [4.78, 5) is 11.9. The van der Waals surface area contributed by atoms with Gasteiger partial charge in [0.2, 0.25) is 5.88 Å². The molecule has 2 aliphatic rings. The van der Waals surface area contributed by atoms with E-state index in [2.05, 4.69) is 20.9 Å². The van der Waals surface area contributed by atoms with Crippen LogP contribution in [0.2, 0.25) is 0 Å². The number of fused-ring (bicyclic) bond motifs is 1. The third-order valence-corrected chi connectivity index (χ3v) is 7.04. The minimum absolute atomic E-state index is 0.0212. The number of aliphatic imine (C=N–C) groups is 1. The average molecular weight is 478 g/mol. The van der Waals surface area contributed by atoms with Crippen LogP contribution in [0, 0.1) is 24.1 Å². The molecule has 0 spiro atoms. The number of hydrogen-bond donors (Lipinski definition) is 2. The zero-order valence-electron chi connectivity index (χ0n) is 17.2. The van der Waals surface area contributed by atoms with Crippen LogP contribution in [0.15, 0.2) is 35.6 Å². The van der Waals surface area contributed by atoms with Gasteiger partial charge in [0.25, 0.3) is 5.92 Å². The van der Waals surface area contributed by atoms with E-state index in [9.17, 15) is 22.7 Å². The Kier molecular flexibility index (Phi) is 5.62. The van der Waals surface area contributed by atoms with Gasteiger partial charge in [0.15, 0.2) is 17.6 Å². The fourth-order valence-electron chi connectivity index (χ4n) is 4.19. The van der Waals surface area contributed by atoms with Crippen molar-refractivity contribution in [2.24, 2.45) is 16.6 Å². The van der Waals surface area contributed by atoms with Gasteiger partial charge in [-0.2, -0.15) is 0 Å². The maximum Gasteiger partial charge on any atom is 0.272 e. The number of aliphatic hydroxyl groups is 1. The summed E-state index contributed by atoms with van der Waals surface area (Å²) in [6.07, 6.45) is 8.47. The molecule has 1 aromatic heterocycles. The van der Waals surface area contributed by atoms with Gasteiger partial charge in [0.1, 0.15) is 16.3 Å². The predicted octanol–water partition coefficient (Wildman–Crippen LogP) is 3.37. The number of benzene rings is 1. The van der Waals surface area contributed by atoms with Gasteiger partial charge in [-0.3, -0.25) is 4.99 Å². The second-order valence-electron chi connectivity index (χ2n) is 7.77. The van der Waals surface area contributed by atoms with Gasteiger partial charge in [-0.25, -0.2) is 27.5 Å². The maximum absolute atomic E-state index is 14.8. The molecule has 1 saturated carbocycles. The van der Waals surface area contributed by atoms with Crippen LogP contribution < -0.4 is 10.5 Å². The van der Waals surface area contributed by atoms with Gasteiger partial charge >= 0.3 is 0 Å². The Morgan fingerprint density at radius 1 is 1.36 bits per heavy atom. The van der Waals surface area contributed by atoms with Gasteiger partial charge in [0.05, 0.1) is 30.5 Å². The number of alkyl halides is 2. The molecule has 3 N–H and O–H groups in total. The first-order valence-electron chi connectivity index (χ1n) is 9.68. The van der Waals surface area contributed by atoms with Crippen LogP contribution in [0.1, 0.15) is 23.7 Å². The van der Waals surface area contributed by atoms with Gasteiger partial charge < -0.3 is 15.6 Å². The van der Waals surface area contributed by atoms with Crippen LogP contribution in [-0.4, -0.2) is 44.1 Å². The Hall–Kier alpha value is -3.10. The van der Waals surface area contributed by atoms with E-state index in [0.717, 1.165) is 18.3 Å². The Morgan fingerprint density at radius 3 is 2.76 bits per heavy atom. The number of thioether (sulfide) groups is 1. The first kappa shape index (κ1) is 23.1. The number of aliphatic hydroxyl groups excluding tert-OH is 1. The number of nitrogens with two attached hydrogens (primary N) is 1. The molecule has 0 radical (unpaired) electrons. The highest BCUT2D eigenvalue weighted by Crippen LogP contribution is 2.74. The third kappa shape index (κ3) is 3.63. The molecule has 1 fully saturated rings. The summed E-state index contributed by atoms with van der Waals surface area (Å²) in [5.74, 6) is -4.03. The molecule has 0 bridgehead atoms. The monoisotopic (exact) mass is 478 g/mol. The summed E-state index contributed by atoms with van der Waals surface area (Å²) in [6, 6.07) is 3.56. The number of halogens is 4. The fourth-order valence-corrected chi connectivity index (χ4v) is 5.55. The minimum atomic E-state index is -3.33. The zero-order valence-corrected chi connectivity index (χ0v) is 18.0. The van der Waals surface area contributed by atoms with E-state index in [1.807, 2.05) is 0 Å². The maximum atomic E-state index is 14.8. The molecule has 1 aromatic carbocycles. The van der Waals surface area contributed by atoms with E-state index in [4.69, 9.17) is 16.9 Å². The molecular formula is C22H18F4N4O2S. The fraction of sp³-hybridized carbons (Fsp3) is 0.318. The van der Waals surface area contributed by atoms with Crippen molar-refractivity contribution >= 4 is 28.8 Å². The lowest BCUT2D eigenvalue weighted by atomic mass is 9.84. The molecule has 4 rings (SSSR count). The molecule has 33 heavy (non-hydrogen) atoms. The first-order valence-corrected chi connectivity index (χ1v) is 10.5. The molecule has 11 heteroatoms. The van der Waals surface area contributed by atoms with Crippen molar-refractivity contribution in [2.45, 2.75) is 23.1 Å². The van der Waals surface area contributed by atoms with Crippen LogP contribution in [0.5, 0.6) is 5.88 Å². The van der Waals surface area contributed by atoms with E-state index >= 15 is 0 Å². The van der Waals surface area contributed by atoms with Crippen molar-refractivity contribution in [3.63, 3.8) is 0 Å². The molecule has 0 unspecified atom stereocenters. The lowest BCUT2D eigenvalue weighted by molar-refractivity contribution is 0.0685. The van der Waals surface area contributed by atoms with Crippen molar-refractivity contribution in [2.75, 3.05) is 13.2 Å². The number of terminal acetylenes is 1. The number of amidine groups is 1. The summed E-state index contributed by atoms with van der Waals surface area (Å²) >= 11 is 0.588. The number of aromatic nitrogens is 2. The van der Waals surface area contributed by atoms with E-state index in [1.165, 1.54) is 25.3 Å². The predicted molar refractivity (Wildman–Crippen MR) is 117 cm³/mol. The normalized spacial score (nSPS) is 27.8. The van der Waals surface area contributed by atoms with Crippen LogP contribution >= 0.6 is 11.8 Å². The highest BCUT2D eigenvalue weighted by molar-refractivity contribution is 8.15. The van der Waals surface area contributed by atoms with Gasteiger partial charge in [0, 0.05) is 5.56 Å². The Morgan fingerprint density at radius 2 is 2.12 bits per heavy atom. The van der Waals surface area contributed by atoms with Gasteiger partial charge in [-0.1, -0.05) is 23.7 Å². The molecule has 2 heterocycles. The molecule has 172 valence electrons. The van der Waals surface area contributed by atoms with Crippen molar-refractivity contribution in [3.05, 3.63) is 53.2 Å². The summed E-state index contributed by atoms with van der Waals surface area (Å²) in [7, 11) is 0. The Balaban J connectivity index is 1.69. The van der Waals surface area contributed by atoms with Gasteiger partial charge in [-0.05, 0) is 30.7 Å². The van der Waals surface area contributed by atoms with Crippen molar-refractivity contribution < 1.29 is 27.4 Å². The number of hydrogen-bond acceptors (Lipinski definition) is 7. The molecule has 1 aliphatic heterocycles. The van der Waals surface area contributed by atoms with E-state index < -0.39 is 40.4 Å². The highest BCUT2D eigenvalue weighted by atomic mass is 32.2. The Bertz CT molecular complexity index is 1200. The van der Waals surface area contributed by atoms with E-state index in [-0.39, 0.29) is 34.5 Å². The lowest BCUT2D eigenvalue weighted by Gasteiger charge is -2.32. The molecule has 2 aromatic rings. The van der Waals surface area contributed by atoms with Crippen LogP contribution in [0.4, 0.5) is 17.6 Å². The number of nitrogens with zero attached hydrogens (tertiary/aromatic N) is 3. The summed E-state index contributed by atoms with van der Waals surface area (Å²) in [5.41, 5.74) is 3.89. The van der Waals surface area contributed by atoms with Crippen molar-refractivity contribution in [1.29, 1.82) is 0 Å². The molecule has 3 atom stereocenters. The highest BCUT2D eigenvalue weighted by Gasteiger charge is 2.87. The first-order chi connectivity index (χ1) is 15.6. The van der Waals surface area contributed by atoms with Crippen molar-refractivity contribution in [1.82, 2.24) is 9.97 Å². The number of rotatable bonds is 6. The van der Waals surface area contributed by atoms with Crippen LogP contribution in [0.25, 0.3) is 11.9 Å². The summed E-state index contributed by atoms with van der Waals surface area (Å²) < 4.78 is 62.3. The second kappa shape index (κ2) is 8.04. The molecule has 6 nitrogen and oxygen atoms in total. The van der Waals surface area contributed by atoms with Gasteiger partial charge in [-0.15, -0.1) is 6.42 Å². The second-order valence-corrected chi connectivity index (χ2v) is 9.12. The third-order valence-electron chi connectivity index (χ3n) is 5.74. The average Bonchev–Trinajstić information content (AvgIpc) is 3.29. The minimum Gasteiger partial charge on any atom is -0.463 e. The molecular weight excluding hydrogens is 460 g/mol. The lowest BCUT2D eigenvalue weighted by Crippen LogP contribution is -2.37. The van der Waals surface area contributed by atoms with E-state index in [0.29, 0.717) is 11.8 Å². The topological polar surface area (TPSA) is 93.6 Å². The standard InChI is InChI=1S/C22H18F4N4O2S/c1-3-6-32-17-10-28-16(9-29-17)15(24)8-12-4-5-14(23)13(7-12)20(2)18-21(11-31,22(18,25)26)33-19(27)30-20/h1,4-5,7-10,18,31H,6,11H2,2H3,(H2,27,30)/b15-8-/t18-,20+,21+/m0/s1. The molecule has 1 aliphatic carbocycles. The Labute approximate surface area is 191 Å². The molecule has 0 saturated heterocycles. The zero-order chi connectivity index (χ0) is 24.0. The summed E-state index contributed by atoms with van der Waals surface area (Å²) in [5, 5.41) is 9.48. The SMILES string of the molecule is C#CCOc1cnc(/C(F)=C/c2ccc(F)c([C@@]3(C)N=C(N)S[C@]4(CO)[C@H]3C4(F)F)c2)cn1. The smallest absolute Gasteiger partial charge is 0.272 e. The molecule has 0 amide bonds. The summed E-state index contributed by atoms with van der Waals surface area (Å²) in [6.45, 7) is 0.460. The largest absolute Gasteiger partial charge is 0.463 e. The van der Waals surface area contributed by atoms with Crippen LogP contribution in [-0.2, 0) is 5.54 Å². The van der Waals surface area contributed by atoms with Crippen LogP contribution in [0.3, 0.4) is 0 Å².